The monoisotopic (exact) mass is 465 g/mol. The highest BCUT2D eigenvalue weighted by Gasteiger charge is 2.12. The normalized spacial score (nSPS) is 10.7. The zero-order chi connectivity index (χ0) is 22.9. The number of para-hydroxylation sites is 2. The molecule has 6 nitrogen and oxygen atoms in total. The van der Waals surface area contributed by atoms with Crippen LogP contribution in [0.3, 0.4) is 0 Å². The molecule has 0 heterocycles. The first-order valence-electron chi connectivity index (χ1n) is 9.41. The summed E-state index contributed by atoms with van der Waals surface area (Å²) < 4.78 is 5.47. The van der Waals surface area contributed by atoms with Crippen LogP contribution in [0.1, 0.15) is 5.56 Å². The lowest BCUT2D eigenvalue weighted by atomic mass is 10.1. The van der Waals surface area contributed by atoms with Crippen molar-refractivity contribution in [3.05, 3.63) is 94.0 Å². The van der Waals surface area contributed by atoms with Gasteiger partial charge in [0.15, 0.2) is 6.61 Å². The molecule has 3 aromatic rings. The predicted octanol–water partition coefficient (Wildman–Crippen LogP) is 5.56. The van der Waals surface area contributed by atoms with Gasteiger partial charge in [0.1, 0.15) is 17.4 Å². The number of carbonyl (C=O) groups excluding carboxylic acids is 2. The van der Waals surface area contributed by atoms with Crippen LogP contribution in [0.2, 0.25) is 10.0 Å². The molecule has 0 atom stereocenters. The van der Waals surface area contributed by atoms with E-state index in [4.69, 9.17) is 27.9 Å². The highest BCUT2D eigenvalue weighted by molar-refractivity contribution is 6.34. The number of carbonyl (C=O) groups is 2. The van der Waals surface area contributed by atoms with Gasteiger partial charge in [-0.1, -0.05) is 59.6 Å². The second kappa shape index (κ2) is 11.0. The van der Waals surface area contributed by atoms with E-state index in [0.29, 0.717) is 27.7 Å². The molecule has 0 bridgehead atoms. The Bertz CT molecular complexity index is 1200. The van der Waals surface area contributed by atoms with Gasteiger partial charge in [0.05, 0.1) is 15.7 Å². The van der Waals surface area contributed by atoms with Crippen LogP contribution < -0.4 is 15.4 Å². The highest BCUT2D eigenvalue weighted by Crippen LogP contribution is 2.27. The molecule has 0 saturated heterocycles. The molecule has 0 aromatic heterocycles. The van der Waals surface area contributed by atoms with E-state index in [2.05, 4.69) is 10.6 Å². The number of hydrogen-bond donors (Lipinski definition) is 2. The van der Waals surface area contributed by atoms with E-state index in [1.807, 2.05) is 24.3 Å². The first kappa shape index (κ1) is 22.9. The van der Waals surface area contributed by atoms with Crippen LogP contribution >= 0.6 is 23.2 Å². The van der Waals surface area contributed by atoms with Crippen LogP contribution in [0, 0.1) is 11.3 Å². The Morgan fingerprint density at radius 1 is 0.938 bits per heavy atom. The van der Waals surface area contributed by atoms with Crippen molar-refractivity contribution in [1.82, 2.24) is 0 Å². The lowest BCUT2D eigenvalue weighted by Crippen LogP contribution is -2.20. The van der Waals surface area contributed by atoms with E-state index in [-0.39, 0.29) is 23.1 Å². The van der Waals surface area contributed by atoms with Crippen molar-refractivity contribution in [2.24, 2.45) is 0 Å². The Balaban J connectivity index is 1.64. The molecule has 0 spiro atoms. The van der Waals surface area contributed by atoms with Crippen molar-refractivity contribution < 1.29 is 14.3 Å². The fourth-order valence-electron chi connectivity index (χ4n) is 2.65. The number of nitrogens with zero attached hydrogens (tertiary/aromatic N) is 1. The first-order chi connectivity index (χ1) is 15.5. The number of amides is 2. The molecular weight excluding hydrogens is 449 g/mol. The number of rotatable bonds is 7. The van der Waals surface area contributed by atoms with Crippen LogP contribution in [0.25, 0.3) is 6.08 Å². The molecule has 0 aliphatic rings. The van der Waals surface area contributed by atoms with Crippen molar-refractivity contribution in [3.63, 3.8) is 0 Å². The molecule has 3 aromatic carbocycles. The summed E-state index contributed by atoms with van der Waals surface area (Å²) in [5.41, 5.74) is 1.45. The number of benzene rings is 3. The van der Waals surface area contributed by atoms with E-state index in [0.717, 1.165) is 0 Å². The fourth-order valence-corrected chi connectivity index (χ4v) is 3.08. The van der Waals surface area contributed by atoms with Gasteiger partial charge in [-0.25, -0.2) is 0 Å². The number of ether oxygens (including phenoxy) is 1. The summed E-state index contributed by atoms with van der Waals surface area (Å²) in [6, 6.07) is 22.3. The minimum atomic E-state index is -0.602. The maximum absolute atomic E-state index is 12.4. The van der Waals surface area contributed by atoms with Crippen LogP contribution in [-0.4, -0.2) is 18.4 Å². The number of nitriles is 1. The summed E-state index contributed by atoms with van der Waals surface area (Å²) >= 11 is 12.3. The molecule has 0 saturated carbocycles. The van der Waals surface area contributed by atoms with Gasteiger partial charge in [0.25, 0.3) is 11.8 Å². The average molecular weight is 466 g/mol. The van der Waals surface area contributed by atoms with Gasteiger partial charge in [-0.3, -0.25) is 9.59 Å². The van der Waals surface area contributed by atoms with E-state index < -0.39 is 5.91 Å². The zero-order valence-electron chi connectivity index (χ0n) is 16.6. The van der Waals surface area contributed by atoms with Crippen molar-refractivity contribution in [1.29, 1.82) is 5.26 Å². The van der Waals surface area contributed by atoms with Gasteiger partial charge in [-0.15, -0.1) is 0 Å². The number of anilines is 2. The summed E-state index contributed by atoms with van der Waals surface area (Å²) in [5, 5.41) is 15.3. The van der Waals surface area contributed by atoms with Crippen LogP contribution in [0.5, 0.6) is 5.75 Å². The Morgan fingerprint density at radius 3 is 2.34 bits per heavy atom. The topological polar surface area (TPSA) is 91.2 Å². The van der Waals surface area contributed by atoms with Crippen molar-refractivity contribution in [2.75, 3.05) is 17.2 Å². The van der Waals surface area contributed by atoms with E-state index in [1.54, 1.807) is 48.5 Å². The van der Waals surface area contributed by atoms with Gasteiger partial charge in [-0.2, -0.15) is 5.26 Å². The molecule has 0 aliphatic carbocycles. The van der Waals surface area contributed by atoms with Gasteiger partial charge in [0.2, 0.25) is 0 Å². The Morgan fingerprint density at radius 2 is 1.66 bits per heavy atom. The summed E-state index contributed by atoms with van der Waals surface area (Å²) in [4.78, 5) is 24.4. The van der Waals surface area contributed by atoms with Gasteiger partial charge in [-0.05, 0) is 48.0 Å². The second-order valence-electron chi connectivity index (χ2n) is 6.50. The highest BCUT2D eigenvalue weighted by atomic mass is 35.5. The number of hydrogen-bond acceptors (Lipinski definition) is 4. The second-order valence-corrected chi connectivity index (χ2v) is 7.31. The minimum Gasteiger partial charge on any atom is -0.482 e. The Hall–Kier alpha value is -3.79. The molecule has 8 heteroatoms. The number of nitrogens with one attached hydrogen (secondary N) is 2. The minimum absolute atomic E-state index is 0.128. The lowest BCUT2D eigenvalue weighted by Gasteiger charge is -2.10. The largest absolute Gasteiger partial charge is 0.482 e. The fraction of sp³-hybridized carbons (Fsp3) is 0.0417. The molecule has 0 aliphatic heterocycles. The molecule has 2 N–H and O–H groups in total. The molecule has 160 valence electrons. The molecule has 3 rings (SSSR count). The quantitative estimate of drug-likeness (QED) is 0.353. The third kappa shape index (κ3) is 6.35. The zero-order valence-corrected chi connectivity index (χ0v) is 18.2. The third-order valence-corrected chi connectivity index (χ3v) is 4.80. The molecule has 2 amide bonds. The molecule has 32 heavy (non-hydrogen) atoms. The lowest BCUT2D eigenvalue weighted by molar-refractivity contribution is -0.118. The van der Waals surface area contributed by atoms with E-state index in [1.165, 1.54) is 12.1 Å². The summed E-state index contributed by atoms with van der Waals surface area (Å²) in [5.74, 6) is -0.639. The van der Waals surface area contributed by atoms with Gasteiger partial charge < -0.3 is 15.4 Å². The van der Waals surface area contributed by atoms with E-state index in [9.17, 15) is 14.9 Å². The van der Waals surface area contributed by atoms with Gasteiger partial charge >= 0.3 is 0 Å². The van der Waals surface area contributed by atoms with Crippen LogP contribution in [0.4, 0.5) is 11.4 Å². The number of halogens is 2. The molecule has 0 fully saturated rings. The SMILES string of the molecule is N#C/C(=C\c1ccc(OCC(=O)Nc2ccccc2)c(Cl)c1)C(=O)Nc1ccccc1Cl. The average Bonchev–Trinajstić information content (AvgIpc) is 2.79. The molecular formula is C24H17Cl2N3O3. The molecule has 0 radical (unpaired) electrons. The van der Waals surface area contributed by atoms with E-state index >= 15 is 0 Å². The third-order valence-electron chi connectivity index (χ3n) is 4.17. The van der Waals surface area contributed by atoms with Crippen LogP contribution in [-0.2, 0) is 9.59 Å². The summed E-state index contributed by atoms with van der Waals surface area (Å²) in [6.07, 6.45) is 1.39. The maximum atomic E-state index is 12.4. The smallest absolute Gasteiger partial charge is 0.266 e. The standard InChI is InChI=1S/C24H17Cl2N3O3/c25-19-8-4-5-9-21(19)29-24(31)17(14-27)12-16-10-11-22(20(26)13-16)32-15-23(30)28-18-6-2-1-3-7-18/h1-13H,15H2,(H,28,30)(H,29,31)/b17-12+. The van der Waals surface area contributed by atoms with Crippen molar-refractivity contribution in [2.45, 2.75) is 0 Å². The van der Waals surface area contributed by atoms with Gasteiger partial charge in [0, 0.05) is 5.69 Å². The summed E-state index contributed by atoms with van der Waals surface area (Å²) in [6.45, 7) is -0.229. The van der Waals surface area contributed by atoms with Crippen molar-refractivity contribution in [3.8, 4) is 11.8 Å². The molecule has 0 unspecified atom stereocenters. The Kier molecular flexibility index (Phi) is 7.87. The predicted molar refractivity (Wildman–Crippen MR) is 126 cm³/mol. The van der Waals surface area contributed by atoms with Crippen LogP contribution in [0.15, 0.2) is 78.4 Å². The first-order valence-corrected chi connectivity index (χ1v) is 10.2. The van der Waals surface area contributed by atoms with Crippen molar-refractivity contribution >= 4 is 52.5 Å². The summed E-state index contributed by atoms with van der Waals surface area (Å²) in [7, 11) is 0. The maximum Gasteiger partial charge on any atom is 0.266 e. The Labute approximate surface area is 195 Å².